The third-order valence-electron chi connectivity index (χ3n) is 4.27. The molecule has 1 amide bonds. The van der Waals surface area contributed by atoms with Crippen LogP contribution >= 0.6 is 18.5 Å². The lowest BCUT2D eigenvalue weighted by Gasteiger charge is -2.33. The molecule has 2 unspecified atom stereocenters. The summed E-state index contributed by atoms with van der Waals surface area (Å²) in [7, 11) is 4.00. The summed E-state index contributed by atoms with van der Waals surface area (Å²) >= 11 is 0. The fraction of sp³-hybridized carbons (Fsp3) is 0.105. The topological polar surface area (TPSA) is 29.5 Å². The fourth-order valence-corrected chi connectivity index (χ4v) is 3.67. The first-order valence-electron chi connectivity index (χ1n) is 7.89. The van der Waals surface area contributed by atoms with E-state index in [4.69, 9.17) is 6.42 Å². The smallest absolute Gasteiger partial charge is 0.423 e. The minimum Gasteiger partial charge on any atom is -0.423 e. The second-order valence-electron chi connectivity index (χ2n) is 5.97. The quantitative estimate of drug-likeness (QED) is 0.315. The number of hydrogen-bond donors (Lipinski definition) is 0. The summed E-state index contributed by atoms with van der Waals surface area (Å²) in [6.45, 7) is 2.85. The molecule has 2 atom stereocenters. The molecule has 2 aromatic carbocycles. The second-order valence-corrected chi connectivity index (χ2v) is 7.17. The number of alkyl halides is 2. The maximum absolute atomic E-state index is 15.0. The number of anilines is 1. The lowest BCUT2D eigenvalue weighted by atomic mass is 9.99. The summed E-state index contributed by atoms with van der Waals surface area (Å²) in [5, 5.41) is -0.326. The Morgan fingerprint density at radius 3 is 2.45 bits per heavy atom. The summed E-state index contributed by atoms with van der Waals surface area (Å²) in [5.41, 5.74) is -1.46. The summed E-state index contributed by atoms with van der Waals surface area (Å²) in [4.78, 5) is 12.5. The molecular formula is C19H12F5NO2P2. The molecule has 29 heavy (non-hydrogen) atoms. The molecule has 0 radical (unpaired) electrons. The van der Waals surface area contributed by atoms with Gasteiger partial charge >= 0.3 is 12.0 Å². The molecule has 1 aliphatic rings. The van der Waals surface area contributed by atoms with Gasteiger partial charge in [-0.1, -0.05) is 18.6 Å². The van der Waals surface area contributed by atoms with Crippen LogP contribution in [-0.2, 0) is 4.79 Å². The predicted octanol–water partition coefficient (Wildman–Crippen LogP) is 3.37. The summed E-state index contributed by atoms with van der Waals surface area (Å²) in [5.74, 6) is -4.00. The molecular weight excluding hydrogens is 431 g/mol. The number of rotatable bonds is 3. The van der Waals surface area contributed by atoms with Gasteiger partial charge in [0.25, 0.3) is 0 Å². The number of carbonyl (C=O) groups excluding carboxylic acids is 1. The van der Waals surface area contributed by atoms with Gasteiger partial charge in [0.05, 0.1) is 17.8 Å². The van der Waals surface area contributed by atoms with Crippen LogP contribution in [0.15, 0.2) is 18.7 Å². The van der Waals surface area contributed by atoms with E-state index >= 15 is 0 Å². The van der Waals surface area contributed by atoms with Gasteiger partial charge in [-0.15, -0.1) is 24.9 Å². The standard InChI is InChI=1S/C19H12F5NO2P2/c1-3-5-25-10-6-9(12(28)7-11(10)27-19(23,24)18(25)26)13-14(20)8(4-2)17(29)16(22)15(13)21/h1,4,6-7H,2,5,28-29H2. The van der Waals surface area contributed by atoms with Crippen LogP contribution in [0.25, 0.3) is 17.2 Å². The van der Waals surface area contributed by atoms with E-state index in [1.807, 2.05) is 9.24 Å². The Labute approximate surface area is 167 Å². The molecule has 0 fully saturated rings. The number of benzene rings is 2. The molecule has 0 saturated heterocycles. The zero-order valence-electron chi connectivity index (χ0n) is 14.5. The van der Waals surface area contributed by atoms with Gasteiger partial charge in [-0.2, -0.15) is 8.78 Å². The minimum atomic E-state index is -4.16. The number of terminal acetylenes is 1. The van der Waals surface area contributed by atoms with Crippen molar-refractivity contribution in [2.75, 3.05) is 11.4 Å². The van der Waals surface area contributed by atoms with Crippen LogP contribution in [-0.4, -0.2) is 18.6 Å². The normalized spacial score (nSPS) is 14.8. The van der Waals surface area contributed by atoms with Crippen molar-refractivity contribution < 1.29 is 31.5 Å². The highest BCUT2D eigenvalue weighted by Crippen LogP contribution is 2.42. The largest absolute Gasteiger partial charge is 0.483 e. The van der Waals surface area contributed by atoms with E-state index in [1.165, 1.54) is 0 Å². The van der Waals surface area contributed by atoms with E-state index in [1.54, 1.807) is 0 Å². The van der Waals surface area contributed by atoms with Gasteiger partial charge in [-0.3, -0.25) is 9.69 Å². The first-order chi connectivity index (χ1) is 13.5. The molecule has 3 rings (SSSR count). The molecule has 150 valence electrons. The first-order valence-corrected chi connectivity index (χ1v) is 9.05. The monoisotopic (exact) mass is 443 g/mol. The maximum atomic E-state index is 15.0. The minimum absolute atomic E-state index is 0.0262. The van der Waals surface area contributed by atoms with Crippen LogP contribution in [0.4, 0.5) is 27.6 Å². The van der Waals surface area contributed by atoms with Gasteiger partial charge in [-0.25, -0.2) is 13.2 Å². The van der Waals surface area contributed by atoms with Crippen molar-refractivity contribution in [3.63, 3.8) is 0 Å². The number of hydrogen-bond acceptors (Lipinski definition) is 2. The Morgan fingerprint density at radius 2 is 1.86 bits per heavy atom. The third kappa shape index (κ3) is 3.29. The molecule has 0 aromatic heterocycles. The Kier molecular flexibility index (Phi) is 5.42. The van der Waals surface area contributed by atoms with E-state index < -0.39 is 47.3 Å². The fourth-order valence-electron chi connectivity index (χ4n) is 2.92. The Bertz CT molecular complexity index is 1110. The summed E-state index contributed by atoms with van der Waals surface area (Å²) in [6, 6.07) is 2.08. The SMILES string of the molecule is C#CCN1C(=O)C(F)(F)Oc2cc(P)c(-c3c(F)c(F)c(P)c(C=C)c3F)cc21. The number of amides is 1. The van der Waals surface area contributed by atoms with Gasteiger partial charge in [0, 0.05) is 10.9 Å². The molecule has 0 bridgehead atoms. The molecule has 1 heterocycles. The average Bonchev–Trinajstić information content (AvgIpc) is 2.65. The van der Waals surface area contributed by atoms with Gasteiger partial charge in [0.1, 0.15) is 5.82 Å². The van der Waals surface area contributed by atoms with Crippen LogP contribution in [0.2, 0.25) is 0 Å². The number of carbonyl (C=O) groups is 1. The van der Waals surface area contributed by atoms with Gasteiger partial charge < -0.3 is 4.74 Å². The Hall–Kier alpha value is -2.48. The van der Waals surface area contributed by atoms with Gasteiger partial charge in [0.2, 0.25) is 0 Å². The summed E-state index contributed by atoms with van der Waals surface area (Å²) < 4.78 is 76.1. The van der Waals surface area contributed by atoms with Crippen LogP contribution in [0.1, 0.15) is 5.56 Å². The van der Waals surface area contributed by atoms with Crippen molar-refractivity contribution in [3.05, 3.63) is 41.7 Å². The molecule has 0 N–H and O–H groups in total. The van der Waals surface area contributed by atoms with Crippen molar-refractivity contribution in [2.45, 2.75) is 6.11 Å². The molecule has 3 nitrogen and oxygen atoms in total. The highest BCUT2D eigenvalue weighted by Gasteiger charge is 2.50. The van der Waals surface area contributed by atoms with E-state index in [9.17, 15) is 26.7 Å². The van der Waals surface area contributed by atoms with Crippen molar-refractivity contribution >= 4 is 46.8 Å². The molecule has 10 heteroatoms. The Morgan fingerprint density at radius 1 is 1.21 bits per heavy atom. The zero-order chi connectivity index (χ0) is 21.7. The van der Waals surface area contributed by atoms with Crippen molar-refractivity contribution in [1.82, 2.24) is 0 Å². The van der Waals surface area contributed by atoms with E-state index in [0.29, 0.717) is 4.90 Å². The van der Waals surface area contributed by atoms with Crippen molar-refractivity contribution in [3.8, 4) is 29.2 Å². The number of halogens is 5. The Balaban J connectivity index is 2.34. The van der Waals surface area contributed by atoms with Gasteiger partial charge in [-0.05, 0) is 23.0 Å². The summed E-state index contributed by atoms with van der Waals surface area (Å²) in [6.07, 6.45) is 2.00. The molecule has 0 aliphatic carbocycles. The van der Waals surface area contributed by atoms with Crippen LogP contribution in [0.5, 0.6) is 5.75 Å². The van der Waals surface area contributed by atoms with Gasteiger partial charge in [0.15, 0.2) is 17.4 Å². The lowest BCUT2D eigenvalue weighted by Crippen LogP contribution is -2.51. The van der Waals surface area contributed by atoms with Crippen LogP contribution in [0.3, 0.4) is 0 Å². The molecule has 0 spiro atoms. The molecule has 2 aromatic rings. The van der Waals surface area contributed by atoms with Crippen LogP contribution in [0, 0.1) is 29.8 Å². The number of ether oxygens (including phenoxy) is 1. The number of nitrogens with zero attached hydrogens (tertiary/aromatic N) is 1. The van der Waals surface area contributed by atoms with Crippen molar-refractivity contribution in [1.29, 1.82) is 0 Å². The molecule has 0 saturated carbocycles. The van der Waals surface area contributed by atoms with Crippen molar-refractivity contribution in [2.24, 2.45) is 0 Å². The zero-order valence-corrected chi connectivity index (χ0v) is 16.8. The average molecular weight is 443 g/mol. The predicted molar refractivity (Wildman–Crippen MR) is 107 cm³/mol. The van der Waals surface area contributed by atoms with E-state index in [-0.39, 0.29) is 27.4 Å². The third-order valence-corrected chi connectivity index (χ3v) is 5.31. The van der Waals surface area contributed by atoms with E-state index in [0.717, 1.165) is 18.2 Å². The number of fused-ring (bicyclic) bond motifs is 1. The first kappa shape index (κ1) is 21.2. The lowest BCUT2D eigenvalue weighted by molar-refractivity contribution is -0.192. The second kappa shape index (κ2) is 7.40. The van der Waals surface area contributed by atoms with Crippen LogP contribution < -0.4 is 20.2 Å². The highest BCUT2D eigenvalue weighted by molar-refractivity contribution is 7.28. The van der Waals surface area contributed by atoms with E-state index in [2.05, 4.69) is 26.5 Å². The maximum Gasteiger partial charge on any atom is 0.483 e. The highest BCUT2D eigenvalue weighted by atomic mass is 31.0. The molecule has 1 aliphatic heterocycles.